The molecule has 0 amide bonds. The summed E-state index contributed by atoms with van der Waals surface area (Å²) >= 11 is 0. The normalized spacial score (nSPS) is 12.9. The molecule has 1 aliphatic heterocycles. The molecule has 3 rings (SSSR count). The van der Waals surface area contributed by atoms with Gasteiger partial charge in [0, 0.05) is 25.1 Å². The SMILES string of the molecule is Fc1cc(F)c(NCCc2ccc3c(c2)CCO3)c(F)c1. The second-order valence-corrected chi connectivity index (χ2v) is 4.96. The lowest BCUT2D eigenvalue weighted by molar-refractivity contribution is 0.357. The van der Waals surface area contributed by atoms with Gasteiger partial charge < -0.3 is 10.1 Å². The highest BCUT2D eigenvalue weighted by Gasteiger charge is 2.13. The van der Waals surface area contributed by atoms with Gasteiger partial charge in [0.25, 0.3) is 0 Å². The fraction of sp³-hybridized carbons (Fsp3) is 0.250. The summed E-state index contributed by atoms with van der Waals surface area (Å²) in [7, 11) is 0. The van der Waals surface area contributed by atoms with E-state index in [1.807, 2.05) is 18.2 Å². The smallest absolute Gasteiger partial charge is 0.152 e. The fourth-order valence-electron chi connectivity index (χ4n) is 2.44. The van der Waals surface area contributed by atoms with Crippen LogP contribution in [0.4, 0.5) is 18.9 Å². The molecule has 0 saturated carbocycles. The average molecular weight is 293 g/mol. The molecule has 1 heterocycles. The zero-order valence-corrected chi connectivity index (χ0v) is 11.3. The molecular weight excluding hydrogens is 279 g/mol. The summed E-state index contributed by atoms with van der Waals surface area (Å²) in [5, 5.41) is 2.68. The van der Waals surface area contributed by atoms with Crippen molar-refractivity contribution in [3.63, 3.8) is 0 Å². The summed E-state index contributed by atoms with van der Waals surface area (Å²) in [5.74, 6) is -1.86. The van der Waals surface area contributed by atoms with E-state index in [-0.39, 0.29) is 5.69 Å². The Balaban J connectivity index is 1.64. The highest BCUT2D eigenvalue weighted by molar-refractivity contribution is 5.47. The van der Waals surface area contributed by atoms with Gasteiger partial charge in [0.05, 0.1) is 6.61 Å². The van der Waals surface area contributed by atoms with Gasteiger partial charge in [0.2, 0.25) is 0 Å². The third-order valence-electron chi connectivity index (χ3n) is 3.48. The van der Waals surface area contributed by atoms with Crippen molar-refractivity contribution >= 4 is 5.69 Å². The molecule has 1 aliphatic rings. The van der Waals surface area contributed by atoms with Gasteiger partial charge in [0.1, 0.15) is 17.3 Å². The monoisotopic (exact) mass is 293 g/mol. The molecule has 0 aromatic heterocycles. The molecule has 21 heavy (non-hydrogen) atoms. The second-order valence-electron chi connectivity index (χ2n) is 4.96. The Morgan fingerprint density at radius 2 is 1.81 bits per heavy atom. The quantitative estimate of drug-likeness (QED) is 0.928. The minimum Gasteiger partial charge on any atom is -0.493 e. The maximum atomic E-state index is 13.5. The zero-order chi connectivity index (χ0) is 14.8. The Kier molecular flexibility index (Phi) is 3.73. The Bertz CT molecular complexity index is 650. The molecule has 0 bridgehead atoms. The summed E-state index contributed by atoms with van der Waals surface area (Å²) in [4.78, 5) is 0. The number of rotatable bonds is 4. The van der Waals surface area contributed by atoms with Crippen molar-refractivity contribution in [2.75, 3.05) is 18.5 Å². The fourth-order valence-corrected chi connectivity index (χ4v) is 2.44. The van der Waals surface area contributed by atoms with Crippen molar-refractivity contribution in [1.82, 2.24) is 0 Å². The van der Waals surface area contributed by atoms with Gasteiger partial charge in [0.15, 0.2) is 11.6 Å². The molecule has 5 heteroatoms. The number of ether oxygens (including phenoxy) is 1. The van der Waals surface area contributed by atoms with Crippen LogP contribution in [-0.4, -0.2) is 13.2 Å². The van der Waals surface area contributed by atoms with Crippen molar-refractivity contribution < 1.29 is 17.9 Å². The number of halogens is 3. The molecule has 0 saturated heterocycles. The highest BCUT2D eigenvalue weighted by atomic mass is 19.1. The van der Waals surface area contributed by atoms with E-state index in [1.54, 1.807) is 0 Å². The third kappa shape index (κ3) is 2.96. The lowest BCUT2D eigenvalue weighted by Crippen LogP contribution is -2.08. The van der Waals surface area contributed by atoms with E-state index < -0.39 is 17.5 Å². The van der Waals surface area contributed by atoms with E-state index in [0.29, 0.717) is 31.7 Å². The van der Waals surface area contributed by atoms with Crippen LogP contribution in [0.15, 0.2) is 30.3 Å². The van der Waals surface area contributed by atoms with E-state index >= 15 is 0 Å². The van der Waals surface area contributed by atoms with Gasteiger partial charge in [-0.3, -0.25) is 0 Å². The predicted octanol–water partition coefficient (Wildman–Crippen LogP) is 3.69. The number of hydrogen-bond acceptors (Lipinski definition) is 2. The van der Waals surface area contributed by atoms with Crippen molar-refractivity contribution in [3.05, 3.63) is 58.9 Å². The molecular formula is C16H14F3NO. The van der Waals surface area contributed by atoms with E-state index in [0.717, 1.165) is 23.3 Å². The van der Waals surface area contributed by atoms with Gasteiger partial charge in [-0.15, -0.1) is 0 Å². The molecule has 0 radical (unpaired) electrons. The first-order valence-electron chi connectivity index (χ1n) is 6.76. The molecule has 2 aromatic rings. The number of hydrogen-bond donors (Lipinski definition) is 1. The Labute approximate surface area is 120 Å². The van der Waals surface area contributed by atoms with Crippen LogP contribution in [0, 0.1) is 17.5 Å². The predicted molar refractivity (Wildman–Crippen MR) is 74.2 cm³/mol. The molecule has 2 aromatic carbocycles. The Morgan fingerprint density at radius 3 is 2.57 bits per heavy atom. The number of benzene rings is 2. The summed E-state index contributed by atoms with van der Waals surface area (Å²) < 4.78 is 45.1. The zero-order valence-electron chi connectivity index (χ0n) is 11.3. The molecule has 2 nitrogen and oxygen atoms in total. The first kappa shape index (κ1) is 13.8. The van der Waals surface area contributed by atoms with Crippen molar-refractivity contribution in [2.45, 2.75) is 12.8 Å². The van der Waals surface area contributed by atoms with E-state index in [1.165, 1.54) is 0 Å². The van der Waals surface area contributed by atoms with Crippen molar-refractivity contribution in [2.24, 2.45) is 0 Å². The molecule has 0 spiro atoms. The summed E-state index contributed by atoms with van der Waals surface area (Å²) in [6, 6.07) is 7.22. The summed E-state index contributed by atoms with van der Waals surface area (Å²) in [6.45, 7) is 1.06. The number of fused-ring (bicyclic) bond motifs is 1. The second kappa shape index (κ2) is 5.68. The number of anilines is 1. The van der Waals surface area contributed by atoms with Crippen LogP contribution in [0.2, 0.25) is 0 Å². The maximum absolute atomic E-state index is 13.5. The Hall–Kier alpha value is -2.17. The van der Waals surface area contributed by atoms with E-state index in [2.05, 4.69) is 5.32 Å². The minimum absolute atomic E-state index is 0.291. The van der Waals surface area contributed by atoms with Crippen molar-refractivity contribution in [3.8, 4) is 5.75 Å². The van der Waals surface area contributed by atoms with Crippen LogP contribution < -0.4 is 10.1 Å². The topological polar surface area (TPSA) is 21.3 Å². The average Bonchev–Trinajstić information content (AvgIpc) is 2.89. The summed E-state index contributed by atoms with van der Waals surface area (Å²) in [6.07, 6.45) is 1.50. The largest absolute Gasteiger partial charge is 0.493 e. The van der Waals surface area contributed by atoms with E-state index in [9.17, 15) is 13.2 Å². The standard InChI is InChI=1S/C16H14F3NO/c17-12-8-13(18)16(14(19)9-12)20-5-3-10-1-2-15-11(7-10)4-6-21-15/h1-2,7-9,20H,3-6H2. The first-order valence-corrected chi connectivity index (χ1v) is 6.76. The lowest BCUT2D eigenvalue weighted by atomic mass is 10.1. The van der Waals surface area contributed by atoms with Gasteiger partial charge in [-0.1, -0.05) is 12.1 Å². The van der Waals surface area contributed by atoms with Crippen molar-refractivity contribution in [1.29, 1.82) is 0 Å². The first-order chi connectivity index (χ1) is 10.1. The lowest BCUT2D eigenvalue weighted by Gasteiger charge is -2.09. The van der Waals surface area contributed by atoms with Gasteiger partial charge in [-0.2, -0.15) is 0 Å². The third-order valence-corrected chi connectivity index (χ3v) is 3.48. The van der Waals surface area contributed by atoms with Crippen LogP contribution in [-0.2, 0) is 12.8 Å². The van der Waals surface area contributed by atoms with Gasteiger partial charge in [-0.25, -0.2) is 13.2 Å². The van der Waals surface area contributed by atoms with E-state index in [4.69, 9.17) is 4.74 Å². The molecule has 0 aliphatic carbocycles. The Morgan fingerprint density at radius 1 is 1.05 bits per heavy atom. The van der Waals surface area contributed by atoms with Crippen LogP contribution in [0.3, 0.4) is 0 Å². The van der Waals surface area contributed by atoms with Crippen LogP contribution in [0.25, 0.3) is 0 Å². The maximum Gasteiger partial charge on any atom is 0.152 e. The highest BCUT2D eigenvalue weighted by Crippen LogP contribution is 2.26. The number of nitrogens with one attached hydrogen (secondary N) is 1. The van der Waals surface area contributed by atoms with Gasteiger partial charge >= 0.3 is 0 Å². The molecule has 0 fully saturated rings. The minimum atomic E-state index is -0.922. The van der Waals surface area contributed by atoms with Gasteiger partial charge in [-0.05, 0) is 23.6 Å². The molecule has 110 valence electrons. The van der Waals surface area contributed by atoms with Crippen LogP contribution >= 0.6 is 0 Å². The molecule has 0 unspecified atom stereocenters. The summed E-state index contributed by atoms with van der Waals surface area (Å²) in [5.41, 5.74) is 1.93. The molecule has 0 atom stereocenters. The molecule has 1 N–H and O–H groups in total. The van der Waals surface area contributed by atoms with Crippen LogP contribution in [0.1, 0.15) is 11.1 Å². The van der Waals surface area contributed by atoms with Crippen LogP contribution in [0.5, 0.6) is 5.75 Å².